The van der Waals surface area contributed by atoms with Crippen LogP contribution in [0.5, 0.6) is 0 Å². The second kappa shape index (κ2) is 12.6. The molecule has 0 radical (unpaired) electrons. The van der Waals surface area contributed by atoms with E-state index in [1.165, 1.54) is 0 Å². The van der Waals surface area contributed by atoms with Crippen molar-refractivity contribution < 1.29 is 20.1 Å². The zero-order chi connectivity index (χ0) is 19.4. The summed E-state index contributed by atoms with van der Waals surface area (Å²) in [4.78, 5) is 12.2. The van der Waals surface area contributed by atoms with Gasteiger partial charge in [0, 0.05) is 12.3 Å². The molecule has 2 unspecified atom stereocenters. The summed E-state index contributed by atoms with van der Waals surface area (Å²) in [7, 11) is 0. The third kappa shape index (κ3) is 9.29. The van der Waals surface area contributed by atoms with Gasteiger partial charge in [0.2, 0.25) is 0 Å². The molecule has 3 N–H and O–H groups in total. The Balaban J connectivity index is 2.30. The Bertz CT molecular complexity index is 416. The third-order valence-electron chi connectivity index (χ3n) is 5.68. The fraction of sp³-hybridized carbons (Fsp3) is 0.864. The Labute approximate surface area is 159 Å². The van der Waals surface area contributed by atoms with Crippen LogP contribution >= 0.6 is 0 Å². The molecule has 4 heteroatoms. The predicted octanol–water partition coefficient (Wildman–Crippen LogP) is 4.16. The molecule has 0 aromatic carbocycles. The van der Waals surface area contributed by atoms with Crippen LogP contribution in [0.2, 0.25) is 0 Å². The van der Waals surface area contributed by atoms with Crippen molar-refractivity contribution in [3.05, 3.63) is 12.2 Å². The van der Waals surface area contributed by atoms with Crippen molar-refractivity contribution >= 4 is 5.78 Å². The molecule has 0 bridgehead atoms. The van der Waals surface area contributed by atoms with E-state index in [-0.39, 0.29) is 12.5 Å². The van der Waals surface area contributed by atoms with Crippen molar-refractivity contribution in [2.24, 2.45) is 11.8 Å². The lowest BCUT2D eigenvalue weighted by Crippen LogP contribution is -2.22. The Kier molecular flexibility index (Phi) is 11.3. The van der Waals surface area contributed by atoms with Gasteiger partial charge in [0.25, 0.3) is 0 Å². The Hall–Kier alpha value is -0.710. The maximum atomic E-state index is 12.2. The van der Waals surface area contributed by atoms with Gasteiger partial charge in [-0.1, -0.05) is 57.6 Å². The number of rotatable bonds is 14. The van der Waals surface area contributed by atoms with Crippen molar-refractivity contribution in [3.63, 3.8) is 0 Å². The normalized spacial score (nSPS) is 24.3. The molecular formula is C22H40O4. The second-order valence-electron chi connectivity index (χ2n) is 8.34. The minimum Gasteiger partial charge on any atom is -0.394 e. The molecule has 0 amide bonds. The molecule has 152 valence electrons. The molecule has 1 aliphatic rings. The van der Waals surface area contributed by atoms with Gasteiger partial charge in [0.05, 0.1) is 18.3 Å². The monoisotopic (exact) mass is 368 g/mol. The number of Topliss-reactive ketones (excluding diaryl/α,β-unsaturated/α-hetero) is 1. The van der Waals surface area contributed by atoms with Gasteiger partial charge in [-0.2, -0.15) is 0 Å². The lowest BCUT2D eigenvalue weighted by molar-refractivity contribution is -0.121. The van der Waals surface area contributed by atoms with Crippen LogP contribution in [0, 0.1) is 11.8 Å². The summed E-state index contributed by atoms with van der Waals surface area (Å²) in [6.45, 7) is 3.88. The van der Waals surface area contributed by atoms with Crippen molar-refractivity contribution in [2.45, 2.75) is 103 Å². The number of allylic oxidation sites excluding steroid dienone is 1. The van der Waals surface area contributed by atoms with Crippen molar-refractivity contribution in [3.8, 4) is 0 Å². The van der Waals surface area contributed by atoms with Gasteiger partial charge in [0.1, 0.15) is 5.78 Å². The van der Waals surface area contributed by atoms with E-state index < -0.39 is 11.7 Å². The minimum absolute atomic E-state index is 0.148. The highest BCUT2D eigenvalue weighted by molar-refractivity contribution is 5.83. The number of carbonyl (C=O) groups is 1. The SMILES string of the molecule is CCCCC(C)(O)CC=C[C@H]1CCC(=O)[C@@H]1CCCCCCC(O)CO. The summed E-state index contributed by atoms with van der Waals surface area (Å²) in [6.07, 6.45) is 14.6. The van der Waals surface area contributed by atoms with Gasteiger partial charge < -0.3 is 15.3 Å². The van der Waals surface area contributed by atoms with E-state index in [2.05, 4.69) is 19.1 Å². The lowest BCUT2D eigenvalue weighted by atomic mass is 9.88. The first-order valence-corrected chi connectivity index (χ1v) is 10.6. The van der Waals surface area contributed by atoms with Crippen molar-refractivity contribution in [1.29, 1.82) is 0 Å². The number of hydrogen-bond acceptors (Lipinski definition) is 4. The van der Waals surface area contributed by atoms with E-state index in [0.717, 1.165) is 57.8 Å². The number of ketones is 1. The van der Waals surface area contributed by atoms with Gasteiger partial charge in [-0.15, -0.1) is 0 Å². The predicted molar refractivity (Wildman–Crippen MR) is 106 cm³/mol. The first-order valence-electron chi connectivity index (χ1n) is 10.6. The standard InChI is InChI=1S/C22H40O4/c1-3-4-15-22(2,26)16-9-10-18-13-14-21(25)20(18)12-8-6-5-7-11-19(24)17-23/h9-10,18-20,23-24,26H,3-8,11-17H2,1-2H3/t18-,19?,20+,22?/m0/s1. The molecule has 1 rings (SSSR count). The molecule has 1 fully saturated rings. The first-order chi connectivity index (χ1) is 12.4. The third-order valence-corrected chi connectivity index (χ3v) is 5.68. The van der Waals surface area contributed by atoms with Crippen molar-refractivity contribution in [1.82, 2.24) is 0 Å². The molecule has 0 saturated heterocycles. The summed E-state index contributed by atoms with van der Waals surface area (Å²) in [5.41, 5.74) is -0.635. The van der Waals surface area contributed by atoms with E-state index in [4.69, 9.17) is 5.11 Å². The van der Waals surface area contributed by atoms with Gasteiger partial charge in [-0.25, -0.2) is 0 Å². The molecule has 0 aromatic heterocycles. The van der Waals surface area contributed by atoms with Crippen LogP contribution in [0.15, 0.2) is 12.2 Å². The van der Waals surface area contributed by atoms with Crippen LogP contribution in [-0.2, 0) is 4.79 Å². The van der Waals surface area contributed by atoms with Gasteiger partial charge in [0.15, 0.2) is 0 Å². The fourth-order valence-electron chi connectivity index (χ4n) is 3.89. The molecule has 0 aromatic rings. The molecule has 0 spiro atoms. The van der Waals surface area contributed by atoms with Crippen LogP contribution < -0.4 is 0 Å². The van der Waals surface area contributed by atoms with Crippen LogP contribution in [0.3, 0.4) is 0 Å². The van der Waals surface area contributed by atoms with Crippen LogP contribution in [0.1, 0.15) is 90.9 Å². The molecule has 0 heterocycles. The Morgan fingerprint density at radius 3 is 2.65 bits per heavy atom. The topological polar surface area (TPSA) is 77.8 Å². The molecule has 4 nitrogen and oxygen atoms in total. The van der Waals surface area contributed by atoms with Gasteiger partial charge >= 0.3 is 0 Å². The van der Waals surface area contributed by atoms with Crippen LogP contribution in [-0.4, -0.2) is 39.4 Å². The zero-order valence-corrected chi connectivity index (χ0v) is 16.8. The molecule has 1 saturated carbocycles. The molecule has 4 atom stereocenters. The van der Waals surface area contributed by atoms with Gasteiger partial charge in [-0.3, -0.25) is 4.79 Å². The minimum atomic E-state index is -0.635. The van der Waals surface area contributed by atoms with E-state index >= 15 is 0 Å². The summed E-state index contributed by atoms with van der Waals surface area (Å²) in [5, 5.41) is 28.5. The summed E-state index contributed by atoms with van der Waals surface area (Å²) < 4.78 is 0. The maximum Gasteiger partial charge on any atom is 0.136 e. The quantitative estimate of drug-likeness (QED) is 0.318. The average Bonchev–Trinajstić information content (AvgIpc) is 2.96. The number of carbonyl (C=O) groups excluding carboxylic acids is 1. The Morgan fingerprint density at radius 2 is 1.96 bits per heavy atom. The summed E-state index contributed by atoms with van der Waals surface area (Å²) >= 11 is 0. The van der Waals surface area contributed by atoms with E-state index in [1.54, 1.807) is 0 Å². The molecular weight excluding hydrogens is 328 g/mol. The highest BCUT2D eigenvalue weighted by Crippen LogP contribution is 2.34. The maximum absolute atomic E-state index is 12.2. The van der Waals surface area contributed by atoms with E-state index in [1.807, 2.05) is 6.92 Å². The lowest BCUT2D eigenvalue weighted by Gasteiger charge is -2.21. The number of aliphatic hydroxyl groups is 3. The number of hydrogen-bond donors (Lipinski definition) is 3. The van der Waals surface area contributed by atoms with Gasteiger partial charge in [-0.05, 0) is 44.9 Å². The molecule has 0 aliphatic heterocycles. The largest absolute Gasteiger partial charge is 0.394 e. The number of unbranched alkanes of at least 4 members (excludes halogenated alkanes) is 4. The summed E-state index contributed by atoms with van der Waals surface area (Å²) in [5.74, 6) is 0.878. The van der Waals surface area contributed by atoms with E-state index in [9.17, 15) is 15.0 Å². The van der Waals surface area contributed by atoms with Crippen LogP contribution in [0.4, 0.5) is 0 Å². The Morgan fingerprint density at radius 1 is 1.23 bits per heavy atom. The first kappa shape index (κ1) is 23.3. The smallest absolute Gasteiger partial charge is 0.136 e. The van der Waals surface area contributed by atoms with Crippen molar-refractivity contribution in [2.75, 3.05) is 6.61 Å². The summed E-state index contributed by atoms with van der Waals surface area (Å²) in [6, 6.07) is 0. The molecule has 1 aliphatic carbocycles. The average molecular weight is 369 g/mol. The van der Waals surface area contributed by atoms with E-state index in [0.29, 0.717) is 31.0 Å². The second-order valence-corrected chi connectivity index (χ2v) is 8.34. The highest BCUT2D eigenvalue weighted by Gasteiger charge is 2.32. The molecule has 26 heavy (non-hydrogen) atoms. The van der Waals surface area contributed by atoms with Crippen LogP contribution in [0.25, 0.3) is 0 Å². The highest BCUT2D eigenvalue weighted by atomic mass is 16.3. The number of aliphatic hydroxyl groups excluding tert-OH is 2. The fourth-order valence-corrected chi connectivity index (χ4v) is 3.89. The zero-order valence-electron chi connectivity index (χ0n) is 16.8.